The number of hydrogen-bond donors (Lipinski definition) is 2. The van der Waals surface area contributed by atoms with Crippen molar-refractivity contribution in [1.82, 2.24) is 0 Å². The van der Waals surface area contributed by atoms with Crippen LogP contribution in [0.2, 0.25) is 0 Å². The largest absolute Gasteiger partial charge is 0.366 e. The molecular weight excluding hydrogens is 248 g/mol. The van der Waals surface area contributed by atoms with Gasteiger partial charge in [-0.2, -0.15) is 0 Å². The summed E-state index contributed by atoms with van der Waals surface area (Å²) >= 11 is 0. The molecule has 0 aromatic carbocycles. The Labute approximate surface area is 127 Å². The first kappa shape index (κ1) is 19.9. The van der Waals surface area contributed by atoms with Gasteiger partial charge in [0.25, 0.3) is 0 Å². The Hall–Kier alpha value is -0.0800. The zero-order valence-electron chi connectivity index (χ0n) is 14.0. The van der Waals surface area contributed by atoms with Crippen molar-refractivity contribution >= 4 is 0 Å². The van der Waals surface area contributed by atoms with Crippen LogP contribution in [0.1, 0.15) is 110 Å². The molecular formula is C18H38O2. The minimum atomic E-state index is -1.42. The first-order valence-electron chi connectivity index (χ1n) is 9.07. The summed E-state index contributed by atoms with van der Waals surface area (Å²) in [4.78, 5) is 0. The standard InChI is InChI=1S/C18H38O2/c1-3-5-6-7-8-9-10-11-12-13-14-15-16-17-18(19,20)4-2/h19-20H,3-17H2,1-2H3. The van der Waals surface area contributed by atoms with Crippen molar-refractivity contribution in [2.45, 2.75) is 116 Å². The Balaban J connectivity index is 3.06. The maximum Gasteiger partial charge on any atom is 0.162 e. The molecule has 0 aromatic rings. The quantitative estimate of drug-likeness (QED) is 0.306. The van der Waals surface area contributed by atoms with E-state index < -0.39 is 5.79 Å². The van der Waals surface area contributed by atoms with Gasteiger partial charge in [0.1, 0.15) is 0 Å². The highest BCUT2D eigenvalue weighted by atomic mass is 16.5. The monoisotopic (exact) mass is 286 g/mol. The highest BCUT2D eigenvalue weighted by Crippen LogP contribution is 2.17. The van der Waals surface area contributed by atoms with Gasteiger partial charge in [0.15, 0.2) is 5.79 Å². The minimum Gasteiger partial charge on any atom is -0.366 e. The summed E-state index contributed by atoms with van der Waals surface area (Å²) in [5.74, 6) is -1.42. The second-order valence-electron chi connectivity index (χ2n) is 6.33. The summed E-state index contributed by atoms with van der Waals surface area (Å²) in [5, 5.41) is 18.9. The fourth-order valence-electron chi connectivity index (χ4n) is 2.60. The van der Waals surface area contributed by atoms with E-state index in [1.807, 2.05) is 6.92 Å². The maximum absolute atomic E-state index is 9.46. The number of rotatable bonds is 15. The Morgan fingerprint density at radius 1 is 0.550 bits per heavy atom. The topological polar surface area (TPSA) is 40.5 Å². The van der Waals surface area contributed by atoms with Crippen LogP contribution in [0.4, 0.5) is 0 Å². The Morgan fingerprint density at radius 3 is 1.25 bits per heavy atom. The molecule has 0 amide bonds. The third-order valence-electron chi connectivity index (χ3n) is 4.25. The molecule has 2 N–H and O–H groups in total. The van der Waals surface area contributed by atoms with Crippen LogP contribution in [0.3, 0.4) is 0 Å². The van der Waals surface area contributed by atoms with E-state index in [1.165, 1.54) is 70.6 Å². The van der Waals surface area contributed by atoms with Crippen molar-refractivity contribution in [3.63, 3.8) is 0 Å². The summed E-state index contributed by atoms with van der Waals surface area (Å²) in [6.45, 7) is 4.09. The van der Waals surface area contributed by atoms with Crippen molar-refractivity contribution < 1.29 is 10.2 Å². The predicted octanol–water partition coefficient (Wildman–Crippen LogP) is 5.56. The van der Waals surface area contributed by atoms with Gasteiger partial charge in [-0.05, 0) is 12.8 Å². The molecule has 2 heteroatoms. The van der Waals surface area contributed by atoms with E-state index in [0.717, 1.165) is 12.8 Å². The molecule has 0 aliphatic heterocycles. The highest BCUT2D eigenvalue weighted by Gasteiger charge is 2.18. The van der Waals surface area contributed by atoms with Crippen molar-refractivity contribution in [3.05, 3.63) is 0 Å². The zero-order chi connectivity index (χ0) is 15.1. The normalized spacial score (nSPS) is 12.0. The van der Waals surface area contributed by atoms with E-state index in [4.69, 9.17) is 0 Å². The molecule has 0 heterocycles. The molecule has 0 aromatic heterocycles. The van der Waals surface area contributed by atoms with Gasteiger partial charge in [-0.3, -0.25) is 0 Å². The SMILES string of the molecule is CCCCCCCCCCCCCCCC(O)(O)CC. The molecule has 0 radical (unpaired) electrons. The fraction of sp³-hybridized carbons (Fsp3) is 1.00. The second-order valence-corrected chi connectivity index (χ2v) is 6.33. The lowest BCUT2D eigenvalue weighted by molar-refractivity contribution is -0.167. The van der Waals surface area contributed by atoms with Crippen LogP contribution in [-0.4, -0.2) is 16.0 Å². The van der Waals surface area contributed by atoms with Gasteiger partial charge in [0.05, 0.1) is 0 Å². The Bertz CT molecular complexity index is 190. The summed E-state index contributed by atoms with van der Waals surface area (Å²) < 4.78 is 0. The molecule has 122 valence electrons. The third kappa shape index (κ3) is 14.3. The zero-order valence-corrected chi connectivity index (χ0v) is 14.0. The summed E-state index contributed by atoms with van der Waals surface area (Å²) in [7, 11) is 0. The molecule has 0 aliphatic carbocycles. The van der Waals surface area contributed by atoms with Crippen LogP contribution in [0.15, 0.2) is 0 Å². The number of hydrogen-bond acceptors (Lipinski definition) is 2. The molecule has 0 saturated carbocycles. The maximum atomic E-state index is 9.46. The van der Waals surface area contributed by atoms with Crippen molar-refractivity contribution in [3.8, 4) is 0 Å². The van der Waals surface area contributed by atoms with Crippen LogP contribution in [-0.2, 0) is 0 Å². The van der Waals surface area contributed by atoms with Gasteiger partial charge in [-0.25, -0.2) is 0 Å². The molecule has 0 aliphatic rings. The van der Waals surface area contributed by atoms with Gasteiger partial charge in [0.2, 0.25) is 0 Å². The fourth-order valence-corrected chi connectivity index (χ4v) is 2.60. The first-order chi connectivity index (χ1) is 9.62. The number of aliphatic hydroxyl groups is 2. The van der Waals surface area contributed by atoms with E-state index in [-0.39, 0.29) is 0 Å². The molecule has 2 nitrogen and oxygen atoms in total. The molecule has 0 fully saturated rings. The molecule has 0 atom stereocenters. The second kappa shape index (κ2) is 13.9. The molecule has 0 bridgehead atoms. The van der Waals surface area contributed by atoms with Gasteiger partial charge in [0, 0.05) is 6.42 Å². The lowest BCUT2D eigenvalue weighted by atomic mass is 10.0. The van der Waals surface area contributed by atoms with Crippen molar-refractivity contribution in [1.29, 1.82) is 0 Å². The van der Waals surface area contributed by atoms with Crippen molar-refractivity contribution in [2.24, 2.45) is 0 Å². The van der Waals surface area contributed by atoms with E-state index in [1.54, 1.807) is 0 Å². The third-order valence-corrected chi connectivity index (χ3v) is 4.25. The van der Waals surface area contributed by atoms with Gasteiger partial charge in [-0.1, -0.05) is 90.9 Å². The smallest absolute Gasteiger partial charge is 0.162 e. The summed E-state index contributed by atoms with van der Waals surface area (Å²) in [5.41, 5.74) is 0. The first-order valence-corrected chi connectivity index (χ1v) is 9.07. The lowest BCUT2D eigenvalue weighted by Gasteiger charge is -2.19. The molecule has 20 heavy (non-hydrogen) atoms. The van der Waals surface area contributed by atoms with E-state index in [2.05, 4.69) is 6.92 Å². The van der Waals surface area contributed by atoms with Crippen LogP contribution >= 0.6 is 0 Å². The number of unbranched alkanes of at least 4 members (excludes halogenated alkanes) is 12. The van der Waals surface area contributed by atoms with Crippen LogP contribution in [0.25, 0.3) is 0 Å². The minimum absolute atomic E-state index is 0.436. The molecule has 0 saturated heterocycles. The van der Waals surface area contributed by atoms with Crippen LogP contribution in [0.5, 0.6) is 0 Å². The molecule has 0 rings (SSSR count). The van der Waals surface area contributed by atoms with Gasteiger partial charge in [-0.15, -0.1) is 0 Å². The summed E-state index contributed by atoms with van der Waals surface area (Å²) in [6.07, 6.45) is 18.2. The van der Waals surface area contributed by atoms with Crippen LogP contribution in [0, 0.1) is 0 Å². The Kier molecular flexibility index (Phi) is 13.8. The average molecular weight is 286 g/mol. The highest BCUT2D eigenvalue weighted by molar-refractivity contribution is 4.61. The predicted molar refractivity (Wildman–Crippen MR) is 87.8 cm³/mol. The van der Waals surface area contributed by atoms with Gasteiger partial charge >= 0.3 is 0 Å². The Morgan fingerprint density at radius 2 is 0.900 bits per heavy atom. The van der Waals surface area contributed by atoms with E-state index in [9.17, 15) is 10.2 Å². The average Bonchev–Trinajstić information content (AvgIpc) is 2.44. The molecule has 0 unspecified atom stereocenters. The lowest BCUT2D eigenvalue weighted by Crippen LogP contribution is -2.26. The molecule has 0 spiro atoms. The van der Waals surface area contributed by atoms with E-state index >= 15 is 0 Å². The van der Waals surface area contributed by atoms with Crippen molar-refractivity contribution in [2.75, 3.05) is 0 Å². The van der Waals surface area contributed by atoms with E-state index in [0.29, 0.717) is 12.8 Å². The van der Waals surface area contributed by atoms with Gasteiger partial charge < -0.3 is 10.2 Å². The van der Waals surface area contributed by atoms with Crippen LogP contribution < -0.4 is 0 Å². The summed E-state index contributed by atoms with van der Waals surface area (Å²) in [6, 6.07) is 0.